The van der Waals surface area contributed by atoms with Gasteiger partial charge in [-0.2, -0.15) is 5.10 Å². The van der Waals surface area contributed by atoms with E-state index in [1.54, 1.807) is 0 Å². The molecule has 94 valence electrons. The summed E-state index contributed by atoms with van der Waals surface area (Å²) in [4.78, 5) is 9.71. The van der Waals surface area contributed by atoms with Crippen LogP contribution in [0.3, 0.4) is 0 Å². The van der Waals surface area contributed by atoms with Crippen LogP contribution in [0.4, 0.5) is 14.5 Å². The van der Waals surface area contributed by atoms with E-state index >= 15 is 0 Å². The second kappa shape index (κ2) is 4.36. The third-order valence-corrected chi connectivity index (χ3v) is 2.99. The van der Waals surface area contributed by atoms with Crippen LogP contribution in [0.5, 0.6) is 0 Å². The topological polar surface area (TPSA) is 81.2 Å². The first kappa shape index (κ1) is 11.9. The molecule has 0 unspecified atom stereocenters. The number of nitro groups is 1. The highest BCUT2D eigenvalue weighted by atomic mass is 19.3. The monoisotopic (exact) mass is 247 g/mol. The van der Waals surface area contributed by atoms with E-state index in [1.165, 1.54) is 4.68 Å². The van der Waals surface area contributed by atoms with E-state index in [0.717, 1.165) is 6.20 Å². The number of aliphatic hydroxyl groups excluding tert-OH is 1. The van der Waals surface area contributed by atoms with Crippen LogP contribution in [-0.4, -0.2) is 26.4 Å². The summed E-state index contributed by atoms with van der Waals surface area (Å²) in [7, 11) is 0. The number of alkyl halides is 2. The molecule has 0 atom stereocenters. The summed E-state index contributed by atoms with van der Waals surface area (Å²) >= 11 is 0. The fraction of sp³-hybridized carbons (Fsp3) is 0.667. The Hall–Kier alpha value is -1.57. The van der Waals surface area contributed by atoms with Crippen molar-refractivity contribution < 1.29 is 18.8 Å². The summed E-state index contributed by atoms with van der Waals surface area (Å²) in [5.41, 5.74) is -1.44. The van der Waals surface area contributed by atoms with Crippen molar-refractivity contribution in [3.63, 3.8) is 0 Å². The van der Waals surface area contributed by atoms with E-state index in [9.17, 15) is 18.9 Å². The van der Waals surface area contributed by atoms with Crippen LogP contribution in [0, 0.1) is 16.0 Å². The van der Waals surface area contributed by atoms with Gasteiger partial charge in [-0.15, -0.1) is 0 Å². The lowest BCUT2D eigenvalue weighted by Gasteiger charge is -2.33. The van der Waals surface area contributed by atoms with Gasteiger partial charge in [0.25, 0.3) is 6.43 Å². The summed E-state index contributed by atoms with van der Waals surface area (Å²) in [5.74, 6) is 0.137. The predicted molar refractivity (Wildman–Crippen MR) is 52.7 cm³/mol. The Morgan fingerprint density at radius 3 is 2.71 bits per heavy atom. The van der Waals surface area contributed by atoms with Crippen molar-refractivity contribution >= 4 is 5.69 Å². The Bertz CT molecular complexity index is 429. The molecule has 0 radical (unpaired) electrons. The van der Waals surface area contributed by atoms with E-state index in [0.29, 0.717) is 12.8 Å². The minimum absolute atomic E-state index is 0.0432. The number of hydrogen-bond donors (Lipinski definition) is 1. The summed E-state index contributed by atoms with van der Waals surface area (Å²) in [6, 6.07) is -0.127. The Kier molecular flexibility index (Phi) is 3.05. The molecular formula is C9H11F2N3O3. The molecule has 1 aromatic rings. The number of rotatable bonds is 4. The Morgan fingerprint density at radius 1 is 1.65 bits per heavy atom. The van der Waals surface area contributed by atoms with Crippen LogP contribution in [0.15, 0.2) is 6.20 Å². The molecule has 17 heavy (non-hydrogen) atoms. The van der Waals surface area contributed by atoms with Gasteiger partial charge in [0.05, 0.1) is 11.0 Å². The van der Waals surface area contributed by atoms with Crippen molar-refractivity contribution in [2.45, 2.75) is 25.3 Å². The Balaban J connectivity index is 2.20. The second-order valence-corrected chi connectivity index (χ2v) is 4.11. The minimum atomic E-state index is -2.95. The quantitative estimate of drug-likeness (QED) is 0.648. The standard InChI is InChI=1S/C9H11F2N3O3/c10-9(11)8-7(14(16)17)3-13(12-8)6-1-5(2-6)4-15/h3,5-6,9,15H,1-2,4H2. The molecule has 0 saturated heterocycles. The Labute approximate surface area is 95.0 Å². The molecule has 1 aliphatic carbocycles. The van der Waals surface area contributed by atoms with Gasteiger partial charge in [0.15, 0.2) is 0 Å². The largest absolute Gasteiger partial charge is 0.396 e. The van der Waals surface area contributed by atoms with Crippen LogP contribution in [0.1, 0.15) is 31.0 Å². The molecule has 0 aliphatic heterocycles. The zero-order valence-corrected chi connectivity index (χ0v) is 8.79. The number of hydrogen-bond acceptors (Lipinski definition) is 4. The molecule has 6 nitrogen and oxygen atoms in total. The van der Waals surface area contributed by atoms with E-state index in [1.807, 2.05) is 0 Å². The number of aliphatic hydroxyl groups is 1. The third kappa shape index (κ3) is 2.12. The molecule has 2 rings (SSSR count). The molecule has 0 bridgehead atoms. The van der Waals surface area contributed by atoms with Crippen molar-refractivity contribution in [2.24, 2.45) is 5.92 Å². The van der Waals surface area contributed by atoms with Crippen LogP contribution in [0.25, 0.3) is 0 Å². The van der Waals surface area contributed by atoms with Crippen molar-refractivity contribution in [1.82, 2.24) is 9.78 Å². The zero-order chi connectivity index (χ0) is 12.6. The summed E-state index contributed by atoms with van der Waals surface area (Å²) in [5, 5.41) is 23.0. The van der Waals surface area contributed by atoms with Gasteiger partial charge in [0, 0.05) is 6.61 Å². The highest BCUT2D eigenvalue weighted by Crippen LogP contribution is 2.39. The maximum atomic E-state index is 12.5. The molecule has 8 heteroatoms. The van der Waals surface area contributed by atoms with Crippen LogP contribution < -0.4 is 0 Å². The third-order valence-electron chi connectivity index (χ3n) is 2.99. The predicted octanol–water partition coefficient (Wildman–Crippen LogP) is 1.67. The molecule has 1 N–H and O–H groups in total. The molecule has 1 aliphatic rings. The molecule has 0 spiro atoms. The van der Waals surface area contributed by atoms with Gasteiger partial charge in [-0.25, -0.2) is 8.78 Å². The molecule has 1 aromatic heterocycles. The molecule has 1 heterocycles. The first-order chi connectivity index (χ1) is 8.02. The maximum Gasteiger partial charge on any atom is 0.316 e. The smallest absolute Gasteiger partial charge is 0.316 e. The fourth-order valence-corrected chi connectivity index (χ4v) is 1.94. The van der Waals surface area contributed by atoms with Gasteiger partial charge in [-0.3, -0.25) is 14.8 Å². The molecule has 1 saturated carbocycles. The Morgan fingerprint density at radius 2 is 2.29 bits per heavy atom. The van der Waals surface area contributed by atoms with Crippen molar-refractivity contribution in [3.8, 4) is 0 Å². The first-order valence-electron chi connectivity index (χ1n) is 5.15. The normalized spacial score (nSPS) is 23.8. The molecule has 0 aromatic carbocycles. The van der Waals surface area contributed by atoms with Gasteiger partial charge in [-0.1, -0.05) is 0 Å². The number of halogens is 2. The molecule has 1 fully saturated rings. The van der Waals surface area contributed by atoms with Crippen LogP contribution in [-0.2, 0) is 0 Å². The highest BCUT2D eigenvalue weighted by molar-refractivity contribution is 5.33. The van der Waals surface area contributed by atoms with Crippen LogP contribution in [0.2, 0.25) is 0 Å². The lowest BCUT2D eigenvalue weighted by Crippen LogP contribution is -2.29. The van der Waals surface area contributed by atoms with Gasteiger partial charge in [-0.05, 0) is 18.8 Å². The van der Waals surface area contributed by atoms with Gasteiger partial charge in [0.1, 0.15) is 6.20 Å². The van der Waals surface area contributed by atoms with E-state index in [4.69, 9.17) is 5.11 Å². The lowest BCUT2D eigenvalue weighted by molar-refractivity contribution is -0.386. The maximum absolute atomic E-state index is 12.5. The van der Waals surface area contributed by atoms with E-state index in [-0.39, 0.29) is 18.6 Å². The number of aromatic nitrogens is 2. The van der Waals surface area contributed by atoms with Crippen molar-refractivity contribution in [2.75, 3.05) is 6.61 Å². The average molecular weight is 247 g/mol. The summed E-state index contributed by atoms with van der Waals surface area (Å²) < 4.78 is 26.2. The SMILES string of the molecule is O=[N+]([O-])c1cn(C2CC(CO)C2)nc1C(F)F. The zero-order valence-electron chi connectivity index (χ0n) is 8.79. The minimum Gasteiger partial charge on any atom is -0.396 e. The number of nitrogens with zero attached hydrogens (tertiary/aromatic N) is 3. The summed E-state index contributed by atoms with van der Waals surface area (Å²) in [6.07, 6.45) is -0.694. The average Bonchev–Trinajstić information content (AvgIpc) is 2.61. The van der Waals surface area contributed by atoms with Crippen LogP contribution >= 0.6 is 0 Å². The lowest BCUT2D eigenvalue weighted by atomic mass is 9.81. The fourth-order valence-electron chi connectivity index (χ4n) is 1.94. The van der Waals surface area contributed by atoms with E-state index in [2.05, 4.69) is 5.10 Å². The van der Waals surface area contributed by atoms with Crippen molar-refractivity contribution in [3.05, 3.63) is 22.0 Å². The molecule has 0 amide bonds. The van der Waals surface area contributed by atoms with Gasteiger partial charge < -0.3 is 5.11 Å². The first-order valence-corrected chi connectivity index (χ1v) is 5.15. The molecular weight excluding hydrogens is 236 g/mol. The van der Waals surface area contributed by atoms with Gasteiger partial charge >= 0.3 is 5.69 Å². The highest BCUT2D eigenvalue weighted by Gasteiger charge is 2.34. The summed E-state index contributed by atoms with van der Waals surface area (Å²) in [6.45, 7) is 0.0432. The van der Waals surface area contributed by atoms with Crippen molar-refractivity contribution in [1.29, 1.82) is 0 Å². The van der Waals surface area contributed by atoms with E-state index < -0.39 is 22.7 Å². The van der Waals surface area contributed by atoms with Gasteiger partial charge in [0.2, 0.25) is 5.69 Å². The second-order valence-electron chi connectivity index (χ2n) is 4.11.